The lowest BCUT2D eigenvalue weighted by Crippen LogP contribution is -2.26. The molecule has 1 aliphatic rings. The molecule has 1 fully saturated rings. The van der Waals surface area contributed by atoms with Gasteiger partial charge in [-0.05, 0) is 54.8 Å². The van der Waals surface area contributed by atoms with Gasteiger partial charge in [-0.3, -0.25) is 4.79 Å². The molecule has 156 valence electrons. The van der Waals surface area contributed by atoms with Crippen molar-refractivity contribution in [3.8, 4) is 5.75 Å². The van der Waals surface area contributed by atoms with Crippen LogP contribution in [0.5, 0.6) is 5.75 Å². The average Bonchev–Trinajstić information content (AvgIpc) is 3.08. The van der Waals surface area contributed by atoms with Crippen LogP contribution in [-0.4, -0.2) is 53.2 Å². The van der Waals surface area contributed by atoms with Crippen LogP contribution in [0.4, 0.5) is 0 Å². The van der Waals surface area contributed by atoms with E-state index in [1.807, 2.05) is 24.3 Å². The second-order valence-electron chi connectivity index (χ2n) is 6.95. The predicted molar refractivity (Wildman–Crippen MR) is 110 cm³/mol. The summed E-state index contributed by atoms with van der Waals surface area (Å²) in [5.74, 6) is -0.00652. The zero-order chi connectivity index (χ0) is 21.1. The molecular weight excluding hydrogens is 414 g/mol. The Hall–Kier alpha value is -2.39. The molecule has 0 spiro atoms. The molecule has 1 aliphatic heterocycles. The highest BCUT2D eigenvalue weighted by Crippen LogP contribution is 2.25. The minimum Gasteiger partial charge on any atom is -0.497 e. The van der Waals surface area contributed by atoms with Gasteiger partial charge in [0.05, 0.1) is 28.8 Å². The fourth-order valence-electron chi connectivity index (χ4n) is 3.24. The maximum Gasteiger partial charge on any atom is 0.251 e. The van der Waals surface area contributed by atoms with Crippen molar-refractivity contribution in [2.24, 2.45) is 0 Å². The molecule has 7 nitrogen and oxygen atoms in total. The number of benzene rings is 2. The first-order valence-corrected chi connectivity index (χ1v) is 12.5. The maximum atomic E-state index is 12.6. The second kappa shape index (κ2) is 8.54. The summed E-state index contributed by atoms with van der Waals surface area (Å²) in [6.45, 7) is 0.423. The number of sulfone groups is 2. The first-order chi connectivity index (χ1) is 13.7. The van der Waals surface area contributed by atoms with Crippen LogP contribution in [0.15, 0.2) is 53.4 Å². The highest BCUT2D eigenvalue weighted by molar-refractivity contribution is 7.96. The molecule has 1 atom stereocenters. The molecule has 1 amide bonds. The van der Waals surface area contributed by atoms with E-state index in [4.69, 9.17) is 4.74 Å². The number of amides is 1. The number of rotatable bonds is 7. The number of methoxy groups -OCH3 is 1. The number of carbonyl (C=O) groups excluding carboxylic acids is 1. The number of ether oxygens (including phenoxy) is 1. The summed E-state index contributed by atoms with van der Waals surface area (Å²) < 4.78 is 53.5. The average molecular weight is 438 g/mol. The molecule has 0 radical (unpaired) electrons. The fraction of sp³-hybridized carbons (Fsp3) is 0.350. The molecule has 9 heteroatoms. The van der Waals surface area contributed by atoms with Gasteiger partial charge < -0.3 is 10.1 Å². The molecule has 1 saturated heterocycles. The van der Waals surface area contributed by atoms with Gasteiger partial charge in [-0.2, -0.15) is 0 Å². The lowest BCUT2D eigenvalue weighted by atomic mass is 10.1. The van der Waals surface area contributed by atoms with Crippen LogP contribution >= 0.6 is 0 Å². The lowest BCUT2D eigenvalue weighted by Gasteiger charge is -2.11. The largest absolute Gasteiger partial charge is 0.497 e. The topological polar surface area (TPSA) is 107 Å². The van der Waals surface area contributed by atoms with Crippen LogP contribution in [0.3, 0.4) is 0 Å². The Bertz CT molecular complexity index is 1090. The van der Waals surface area contributed by atoms with Crippen molar-refractivity contribution in [1.82, 2.24) is 5.32 Å². The van der Waals surface area contributed by atoms with Gasteiger partial charge in [0, 0.05) is 12.1 Å². The van der Waals surface area contributed by atoms with Crippen LogP contribution in [0.25, 0.3) is 0 Å². The van der Waals surface area contributed by atoms with E-state index in [-0.39, 0.29) is 28.7 Å². The number of carbonyl (C=O) groups is 1. The van der Waals surface area contributed by atoms with Crippen molar-refractivity contribution in [2.75, 3.05) is 25.2 Å². The molecular formula is C20H23NO6S2. The summed E-state index contributed by atoms with van der Waals surface area (Å²) in [6, 6.07) is 13.2. The molecule has 0 aliphatic carbocycles. The monoisotopic (exact) mass is 437 g/mol. The van der Waals surface area contributed by atoms with Crippen LogP contribution in [0, 0.1) is 0 Å². The van der Waals surface area contributed by atoms with Gasteiger partial charge in [0.25, 0.3) is 5.91 Å². The number of hydrogen-bond donors (Lipinski definition) is 1. The summed E-state index contributed by atoms with van der Waals surface area (Å²) in [5.41, 5.74) is 1.37. The third-order valence-electron chi connectivity index (χ3n) is 4.91. The van der Waals surface area contributed by atoms with Crippen molar-refractivity contribution in [3.05, 3.63) is 59.7 Å². The quantitative estimate of drug-likeness (QED) is 0.706. The van der Waals surface area contributed by atoms with E-state index < -0.39 is 24.9 Å². The van der Waals surface area contributed by atoms with Gasteiger partial charge in [0.1, 0.15) is 5.75 Å². The molecule has 0 bridgehead atoms. The highest BCUT2D eigenvalue weighted by atomic mass is 32.2. The molecule has 2 aromatic rings. The Labute approximate surface area is 170 Å². The molecule has 1 unspecified atom stereocenters. The summed E-state index contributed by atoms with van der Waals surface area (Å²) in [4.78, 5) is 12.3. The first kappa shape index (κ1) is 21.3. The molecule has 1 N–H and O–H groups in total. The number of nitrogens with one attached hydrogen (secondary N) is 1. The fourth-order valence-corrected chi connectivity index (χ4v) is 7.60. The van der Waals surface area contributed by atoms with Gasteiger partial charge in [0.2, 0.25) is 0 Å². The Balaban J connectivity index is 1.60. The molecule has 29 heavy (non-hydrogen) atoms. The van der Waals surface area contributed by atoms with Gasteiger partial charge in [-0.25, -0.2) is 16.8 Å². The third kappa shape index (κ3) is 5.16. The van der Waals surface area contributed by atoms with Crippen LogP contribution in [0.2, 0.25) is 0 Å². The Morgan fingerprint density at radius 3 is 2.52 bits per heavy atom. The molecule has 2 aromatic carbocycles. The van der Waals surface area contributed by atoms with E-state index >= 15 is 0 Å². The molecule has 3 rings (SSSR count). The molecule has 1 heterocycles. The standard InChI is InChI=1S/C20H23NO6S2/c1-27-17-4-2-3-15(13-17)9-11-21-20(22)16-5-7-18(8-6-16)29(25,26)19-10-12-28(23,24)14-19/h2-8,13,19H,9-12,14H2,1H3,(H,21,22). The summed E-state index contributed by atoms with van der Waals surface area (Å²) in [5, 5.41) is 1.88. The van der Waals surface area contributed by atoms with Gasteiger partial charge in [-0.1, -0.05) is 12.1 Å². The van der Waals surface area contributed by atoms with Crippen LogP contribution < -0.4 is 10.1 Å². The number of hydrogen-bond acceptors (Lipinski definition) is 6. The minimum atomic E-state index is -3.73. The Morgan fingerprint density at radius 2 is 1.90 bits per heavy atom. The highest BCUT2D eigenvalue weighted by Gasteiger charge is 2.37. The molecule has 0 saturated carbocycles. The van der Waals surface area contributed by atoms with Crippen molar-refractivity contribution in [2.45, 2.75) is 23.0 Å². The zero-order valence-corrected chi connectivity index (χ0v) is 17.6. The first-order valence-electron chi connectivity index (χ1n) is 9.17. The van der Waals surface area contributed by atoms with E-state index in [1.54, 1.807) is 7.11 Å². The van der Waals surface area contributed by atoms with Crippen LogP contribution in [-0.2, 0) is 26.1 Å². The van der Waals surface area contributed by atoms with E-state index in [0.29, 0.717) is 18.5 Å². The van der Waals surface area contributed by atoms with E-state index in [2.05, 4.69) is 5.32 Å². The normalized spacial score (nSPS) is 18.3. The Morgan fingerprint density at radius 1 is 1.17 bits per heavy atom. The molecule has 0 aromatic heterocycles. The summed E-state index contributed by atoms with van der Waals surface area (Å²) in [7, 11) is -5.44. The zero-order valence-electron chi connectivity index (χ0n) is 16.0. The van der Waals surface area contributed by atoms with Crippen molar-refractivity contribution < 1.29 is 26.4 Å². The van der Waals surface area contributed by atoms with Crippen molar-refractivity contribution >= 4 is 25.6 Å². The van der Waals surface area contributed by atoms with Gasteiger partial charge in [-0.15, -0.1) is 0 Å². The third-order valence-corrected chi connectivity index (χ3v) is 9.10. The van der Waals surface area contributed by atoms with Crippen LogP contribution in [0.1, 0.15) is 22.3 Å². The maximum absolute atomic E-state index is 12.6. The summed E-state index contributed by atoms with van der Waals surface area (Å²) >= 11 is 0. The van der Waals surface area contributed by atoms with E-state index in [1.165, 1.54) is 24.3 Å². The van der Waals surface area contributed by atoms with Gasteiger partial charge >= 0.3 is 0 Å². The van der Waals surface area contributed by atoms with Gasteiger partial charge in [0.15, 0.2) is 19.7 Å². The Kier molecular flexibility index (Phi) is 6.28. The smallest absolute Gasteiger partial charge is 0.251 e. The second-order valence-corrected chi connectivity index (χ2v) is 11.4. The van der Waals surface area contributed by atoms with E-state index in [0.717, 1.165) is 11.3 Å². The van der Waals surface area contributed by atoms with Crippen molar-refractivity contribution in [3.63, 3.8) is 0 Å². The predicted octanol–water partition coefficient (Wildman–Crippen LogP) is 1.63. The van der Waals surface area contributed by atoms with Crippen molar-refractivity contribution in [1.29, 1.82) is 0 Å². The SMILES string of the molecule is COc1cccc(CCNC(=O)c2ccc(S(=O)(=O)C3CCS(=O)(=O)C3)cc2)c1. The van der Waals surface area contributed by atoms with E-state index in [9.17, 15) is 21.6 Å². The summed E-state index contributed by atoms with van der Waals surface area (Å²) in [6.07, 6.45) is 0.739. The lowest BCUT2D eigenvalue weighted by molar-refractivity contribution is 0.0954. The minimum absolute atomic E-state index is 0.0348.